The van der Waals surface area contributed by atoms with E-state index < -0.39 is 17.7 Å². The molecular formula is C30H40N2O7. The molecule has 0 aliphatic carbocycles. The number of ether oxygens (including phenoxy) is 4. The fourth-order valence-corrected chi connectivity index (χ4v) is 4.64. The fourth-order valence-electron chi connectivity index (χ4n) is 4.64. The van der Waals surface area contributed by atoms with Crippen LogP contribution in [-0.2, 0) is 9.59 Å². The summed E-state index contributed by atoms with van der Waals surface area (Å²) in [6.45, 7) is 7.62. The molecule has 1 saturated heterocycles. The Kier molecular flexibility index (Phi) is 9.86. The number of Topliss-reactive ketones (excluding diaryl/α,β-unsaturated/α-hetero) is 1. The van der Waals surface area contributed by atoms with Crippen LogP contribution < -0.4 is 18.9 Å². The summed E-state index contributed by atoms with van der Waals surface area (Å²) >= 11 is 0. The largest absolute Gasteiger partial charge is 0.507 e. The molecule has 1 fully saturated rings. The minimum absolute atomic E-state index is 0.00868. The first-order valence-corrected chi connectivity index (χ1v) is 13.0. The molecule has 0 radical (unpaired) electrons. The molecule has 1 atom stereocenters. The standard InChI is InChI=1S/C30H40N2O7/c1-18(2)17-39-22-11-10-20(14-19(22)3)27(33)25-26(32(30(35)28(25)34)13-9-12-31(4)5)21-15-23(36-6)29(38-8)24(16-21)37-7/h10-11,14-16,18,26,33H,9,12-13,17H2,1-8H3/b27-25+. The lowest BCUT2D eigenvalue weighted by Gasteiger charge is -2.27. The Hall–Kier alpha value is -3.72. The van der Waals surface area contributed by atoms with Crippen LogP contribution in [0.25, 0.3) is 5.76 Å². The van der Waals surface area contributed by atoms with Gasteiger partial charge in [-0.15, -0.1) is 0 Å². The lowest BCUT2D eigenvalue weighted by Crippen LogP contribution is -2.32. The van der Waals surface area contributed by atoms with Crippen LogP contribution in [0.5, 0.6) is 23.0 Å². The molecule has 1 aliphatic heterocycles. The molecule has 1 aliphatic rings. The highest BCUT2D eigenvalue weighted by Crippen LogP contribution is 2.46. The van der Waals surface area contributed by atoms with Crippen LogP contribution in [-0.4, -0.2) is 81.7 Å². The number of aliphatic hydroxyl groups excluding tert-OH is 1. The van der Waals surface area contributed by atoms with Gasteiger partial charge in [0, 0.05) is 12.1 Å². The molecule has 0 aromatic heterocycles. The highest BCUT2D eigenvalue weighted by atomic mass is 16.5. The molecule has 2 aromatic carbocycles. The third-order valence-electron chi connectivity index (χ3n) is 6.57. The van der Waals surface area contributed by atoms with Gasteiger partial charge in [-0.3, -0.25) is 9.59 Å². The summed E-state index contributed by atoms with van der Waals surface area (Å²) < 4.78 is 22.4. The van der Waals surface area contributed by atoms with Crippen molar-refractivity contribution in [2.24, 2.45) is 5.92 Å². The number of benzene rings is 2. The molecule has 1 unspecified atom stereocenters. The number of hydrogen-bond acceptors (Lipinski definition) is 8. The van der Waals surface area contributed by atoms with Crippen molar-refractivity contribution in [2.45, 2.75) is 33.2 Å². The average molecular weight is 541 g/mol. The van der Waals surface area contributed by atoms with E-state index in [0.29, 0.717) is 59.6 Å². The number of aliphatic hydroxyl groups is 1. The zero-order chi connectivity index (χ0) is 28.9. The lowest BCUT2D eigenvalue weighted by molar-refractivity contribution is -0.139. The van der Waals surface area contributed by atoms with Crippen LogP contribution in [0, 0.1) is 12.8 Å². The Morgan fingerprint density at radius 3 is 2.15 bits per heavy atom. The first kappa shape index (κ1) is 29.8. The summed E-state index contributed by atoms with van der Waals surface area (Å²) in [5, 5.41) is 11.5. The zero-order valence-electron chi connectivity index (χ0n) is 24.2. The fraction of sp³-hybridized carbons (Fsp3) is 0.467. The van der Waals surface area contributed by atoms with Crippen LogP contribution in [0.3, 0.4) is 0 Å². The molecular weight excluding hydrogens is 500 g/mol. The van der Waals surface area contributed by atoms with Crippen molar-refractivity contribution in [2.75, 3.05) is 55.1 Å². The van der Waals surface area contributed by atoms with E-state index in [1.54, 1.807) is 30.3 Å². The van der Waals surface area contributed by atoms with Gasteiger partial charge in [0.1, 0.15) is 11.5 Å². The van der Waals surface area contributed by atoms with E-state index in [-0.39, 0.29) is 11.3 Å². The molecule has 1 heterocycles. The number of rotatable bonds is 12. The molecule has 9 heteroatoms. The number of amides is 1. The van der Waals surface area contributed by atoms with Crippen molar-refractivity contribution in [3.63, 3.8) is 0 Å². The first-order chi connectivity index (χ1) is 18.5. The maximum Gasteiger partial charge on any atom is 0.295 e. The van der Waals surface area contributed by atoms with E-state index in [0.717, 1.165) is 12.1 Å². The van der Waals surface area contributed by atoms with Gasteiger partial charge in [-0.25, -0.2) is 0 Å². The monoisotopic (exact) mass is 540 g/mol. The van der Waals surface area contributed by atoms with Gasteiger partial charge in [0.15, 0.2) is 11.5 Å². The number of ketones is 1. The first-order valence-electron chi connectivity index (χ1n) is 13.0. The van der Waals surface area contributed by atoms with Crippen molar-refractivity contribution < 1.29 is 33.6 Å². The third kappa shape index (κ3) is 6.47. The van der Waals surface area contributed by atoms with Gasteiger partial charge in [0.05, 0.1) is 39.6 Å². The predicted molar refractivity (Wildman–Crippen MR) is 150 cm³/mol. The second kappa shape index (κ2) is 12.9. The minimum Gasteiger partial charge on any atom is -0.507 e. The molecule has 212 valence electrons. The minimum atomic E-state index is -0.849. The smallest absolute Gasteiger partial charge is 0.295 e. The van der Waals surface area contributed by atoms with Crippen molar-refractivity contribution in [3.8, 4) is 23.0 Å². The van der Waals surface area contributed by atoms with Crippen molar-refractivity contribution in [1.82, 2.24) is 9.80 Å². The normalized spacial score (nSPS) is 16.8. The summed E-state index contributed by atoms with van der Waals surface area (Å²) in [4.78, 5) is 30.3. The van der Waals surface area contributed by atoms with Gasteiger partial charge < -0.3 is 33.9 Å². The molecule has 0 saturated carbocycles. The van der Waals surface area contributed by atoms with Crippen LogP contribution in [0.1, 0.15) is 43.0 Å². The van der Waals surface area contributed by atoms with Crippen LogP contribution >= 0.6 is 0 Å². The van der Waals surface area contributed by atoms with E-state index in [1.165, 1.54) is 26.2 Å². The maximum atomic E-state index is 13.4. The highest BCUT2D eigenvalue weighted by Gasteiger charge is 2.46. The molecule has 39 heavy (non-hydrogen) atoms. The molecule has 1 amide bonds. The van der Waals surface area contributed by atoms with E-state index in [1.807, 2.05) is 25.9 Å². The Morgan fingerprint density at radius 2 is 1.64 bits per heavy atom. The molecule has 9 nitrogen and oxygen atoms in total. The summed E-state index contributed by atoms with van der Waals surface area (Å²) in [5.74, 6) is 0.560. The predicted octanol–water partition coefficient (Wildman–Crippen LogP) is 4.43. The van der Waals surface area contributed by atoms with Crippen molar-refractivity contribution in [1.29, 1.82) is 0 Å². The number of aryl methyl sites for hydroxylation is 1. The van der Waals surface area contributed by atoms with Gasteiger partial charge in [-0.2, -0.15) is 0 Å². The van der Waals surface area contributed by atoms with Gasteiger partial charge in [0.25, 0.3) is 11.7 Å². The second-order valence-electron chi connectivity index (χ2n) is 10.3. The number of nitrogens with zero attached hydrogens (tertiary/aromatic N) is 2. The van der Waals surface area contributed by atoms with E-state index in [2.05, 4.69) is 13.8 Å². The van der Waals surface area contributed by atoms with Crippen molar-refractivity contribution in [3.05, 3.63) is 52.6 Å². The van der Waals surface area contributed by atoms with Gasteiger partial charge >= 0.3 is 0 Å². The van der Waals surface area contributed by atoms with E-state index in [4.69, 9.17) is 18.9 Å². The Morgan fingerprint density at radius 1 is 1.00 bits per heavy atom. The molecule has 0 spiro atoms. The summed E-state index contributed by atoms with van der Waals surface area (Å²) in [6.07, 6.45) is 0.641. The van der Waals surface area contributed by atoms with Crippen molar-refractivity contribution >= 4 is 17.4 Å². The van der Waals surface area contributed by atoms with E-state index in [9.17, 15) is 14.7 Å². The van der Waals surface area contributed by atoms with Gasteiger partial charge in [-0.1, -0.05) is 13.8 Å². The molecule has 2 aromatic rings. The van der Waals surface area contributed by atoms with E-state index >= 15 is 0 Å². The summed E-state index contributed by atoms with van der Waals surface area (Å²) in [7, 11) is 8.40. The summed E-state index contributed by atoms with van der Waals surface area (Å²) in [6, 6.07) is 7.80. The number of carbonyl (C=O) groups is 2. The quantitative estimate of drug-likeness (QED) is 0.240. The molecule has 1 N–H and O–H groups in total. The Bertz CT molecular complexity index is 1210. The van der Waals surface area contributed by atoms with Gasteiger partial charge in [-0.05, 0) is 81.4 Å². The highest BCUT2D eigenvalue weighted by molar-refractivity contribution is 6.46. The Balaban J connectivity index is 2.17. The summed E-state index contributed by atoms with van der Waals surface area (Å²) in [5.41, 5.74) is 1.80. The zero-order valence-corrected chi connectivity index (χ0v) is 24.2. The number of carbonyl (C=O) groups excluding carboxylic acids is 2. The molecule has 3 rings (SSSR count). The SMILES string of the molecule is COc1cc(C2/C(=C(\O)c3ccc(OCC(C)C)c(C)c3)C(=O)C(=O)N2CCCN(C)C)cc(OC)c1OC. The third-order valence-corrected chi connectivity index (χ3v) is 6.57. The second-order valence-corrected chi connectivity index (χ2v) is 10.3. The van der Waals surface area contributed by atoms with Crippen LogP contribution in [0.15, 0.2) is 35.9 Å². The molecule has 0 bridgehead atoms. The Labute approximate surface area is 230 Å². The average Bonchev–Trinajstić information content (AvgIpc) is 3.15. The number of hydrogen-bond donors (Lipinski definition) is 1. The lowest BCUT2D eigenvalue weighted by atomic mass is 9.94. The maximum absolute atomic E-state index is 13.4. The number of methoxy groups -OCH3 is 3. The van der Waals surface area contributed by atoms with Crippen LogP contribution in [0.4, 0.5) is 0 Å². The van der Waals surface area contributed by atoms with Gasteiger partial charge in [0.2, 0.25) is 5.75 Å². The van der Waals surface area contributed by atoms with Crippen LogP contribution in [0.2, 0.25) is 0 Å². The number of likely N-dealkylation sites (tertiary alicyclic amines) is 1. The topological polar surface area (TPSA) is 97.8 Å².